The Morgan fingerprint density at radius 1 is 1.11 bits per heavy atom. The average molecular weight is 521 g/mol. The molecule has 8 nitrogen and oxygen atoms in total. The number of quaternary nitrogens is 1. The summed E-state index contributed by atoms with van der Waals surface area (Å²) < 4.78 is 0.0689. The predicted molar refractivity (Wildman–Crippen MR) is 146 cm³/mol. The monoisotopic (exact) mass is 520 g/mol. The third-order valence-corrected chi connectivity index (χ3v) is 9.52. The molecule has 2 aromatic rings. The molecule has 1 saturated heterocycles. The molecular weight excluding hydrogens is 478 g/mol. The van der Waals surface area contributed by atoms with E-state index in [2.05, 4.69) is 10.3 Å². The van der Waals surface area contributed by atoms with E-state index in [1.165, 1.54) is 19.3 Å². The number of aromatic nitrogens is 1. The Morgan fingerprint density at radius 3 is 2.53 bits per heavy atom. The number of aromatic hydroxyl groups is 1. The van der Waals surface area contributed by atoms with Gasteiger partial charge in [0.15, 0.2) is 5.54 Å². The lowest BCUT2D eigenvalue weighted by Gasteiger charge is -2.46. The summed E-state index contributed by atoms with van der Waals surface area (Å²) in [5.74, 6) is 1.01. The van der Waals surface area contributed by atoms with Gasteiger partial charge in [0.1, 0.15) is 24.2 Å². The second-order valence-corrected chi connectivity index (χ2v) is 11.8. The zero-order valence-corrected chi connectivity index (χ0v) is 22.5. The highest BCUT2D eigenvalue weighted by molar-refractivity contribution is 5.91. The molecule has 1 aromatic carbocycles. The van der Waals surface area contributed by atoms with Crippen LogP contribution in [0.3, 0.4) is 0 Å². The highest BCUT2D eigenvalue weighted by Crippen LogP contribution is 2.59. The summed E-state index contributed by atoms with van der Waals surface area (Å²) >= 11 is 0. The van der Waals surface area contributed by atoms with Crippen molar-refractivity contribution < 1.29 is 19.2 Å². The summed E-state index contributed by atoms with van der Waals surface area (Å²) in [6.45, 7) is 3.43. The van der Waals surface area contributed by atoms with Crippen LogP contribution in [0.15, 0.2) is 36.4 Å². The first-order valence-electron chi connectivity index (χ1n) is 14.2. The first kappa shape index (κ1) is 26.6. The molecule has 3 aliphatic rings. The molecule has 1 unspecified atom stereocenters. The molecule has 2 aliphatic carbocycles. The van der Waals surface area contributed by atoms with Crippen LogP contribution >= 0.6 is 0 Å². The summed E-state index contributed by atoms with van der Waals surface area (Å²) in [6.07, 6.45) is 9.18. The number of phenols is 1. The van der Waals surface area contributed by atoms with Crippen molar-refractivity contribution in [2.75, 3.05) is 12.3 Å². The van der Waals surface area contributed by atoms with E-state index in [9.17, 15) is 14.7 Å². The number of primary amides is 1. The number of nitrogens with zero attached hydrogens (tertiary/aromatic N) is 2. The second-order valence-electron chi connectivity index (χ2n) is 11.8. The summed E-state index contributed by atoms with van der Waals surface area (Å²) in [5.41, 5.74) is 14.0. The molecule has 8 heteroatoms. The van der Waals surface area contributed by atoms with Crippen LogP contribution in [0.5, 0.6) is 5.75 Å². The van der Waals surface area contributed by atoms with E-state index in [1.807, 2.05) is 25.1 Å². The Morgan fingerprint density at radius 2 is 1.84 bits per heavy atom. The lowest BCUT2D eigenvalue weighted by Crippen LogP contribution is -2.71. The molecule has 204 valence electrons. The largest absolute Gasteiger partial charge is 0.508 e. The first-order chi connectivity index (χ1) is 18.2. The van der Waals surface area contributed by atoms with E-state index in [0.29, 0.717) is 37.8 Å². The number of anilines is 1. The van der Waals surface area contributed by atoms with E-state index in [0.717, 1.165) is 48.9 Å². The number of hydrogen-bond acceptors (Lipinski definition) is 6. The third kappa shape index (κ3) is 4.92. The van der Waals surface area contributed by atoms with Crippen molar-refractivity contribution in [2.24, 2.45) is 17.6 Å². The molecule has 4 atom stereocenters. The lowest BCUT2D eigenvalue weighted by atomic mass is 9.83. The van der Waals surface area contributed by atoms with Crippen molar-refractivity contribution in [1.29, 1.82) is 0 Å². The van der Waals surface area contributed by atoms with E-state index in [4.69, 9.17) is 11.5 Å². The van der Waals surface area contributed by atoms with Gasteiger partial charge < -0.3 is 16.6 Å². The predicted octanol–water partition coefficient (Wildman–Crippen LogP) is 3.69. The van der Waals surface area contributed by atoms with Crippen LogP contribution in [-0.4, -0.2) is 44.5 Å². The van der Waals surface area contributed by atoms with Crippen LogP contribution in [0.2, 0.25) is 0 Å². The zero-order chi connectivity index (χ0) is 26.9. The molecule has 2 saturated carbocycles. The van der Waals surface area contributed by atoms with Crippen LogP contribution in [0.4, 0.5) is 5.82 Å². The third-order valence-electron chi connectivity index (χ3n) is 9.52. The van der Waals surface area contributed by atoms with Crippen LogP contribution in [-0.2, 0) is 22.7 Å². The molecule has 1 aromatic heterocycles. The Bertz CT molecular complexity index is 1180. The molecule has 38 heavy (non-hydrogen) atoms. The number of amides is 2. The Labute approximate surface area is 225 Å². The molecule has 0 radical (unpaired) electrons. The zero-order valence-electron chi connectivity index (χ0n) is 22.5. The number of nitrogen functional groups attached to an aromatic ring is 1. The normalized spacial score (nSPS) is 27.9. The van der Waals surface area contributed by atoms with Crippen LogP contribution in [0.1, 0.15) is 74.6 Å². The van der Waals surface area contributed by atoms with Crippen molar-refractivity contribution in [2.45, 2.75) is 89.4 Å². The average Bonchev–Trinajstić information content (AvgIpc) is 3.67. The summed E-state index contributed by atoms with van der Waals surface area (Å²) in [6, 6.07) is 10.4. The highest BCUT2D eigenvalue weighted by Gasteiger charge is 2.76. The second kappa shape index (κ2) is 10.7. The maximum absolute atomic E-state index is 14.9. The number of benzene rings is 1. The Balaban J connectivity index is 1.51. The number of pyridine rings is 1. The fourth-order valence-electron chi connectivity index (χ4n) is 7.35. The Hall–Kier alpha value is -2.97. The SMILES string of the molecule is Cc1nc(N)ccc1C[N+]1(C(=O)[C@@H](CC2CCCCC2)NCc2ccc(O)cc2)CCC[C@@H]2C[C@@]21C(N)=O. The van der Waals surface area contributed by atoms with Gasteiger partial charge in [0.05, 0.1) is 6.54 Å². The van der Waals surface area contributed by atoms with Gasteiger partial charge in [0, 0.05) is 30.1 Å². The van der Waals surface area contributed by atoms with Gasteiger partial charge in [-0.2, -0.15) is 0 Å². The number of piperidine rings is 1. The Kier molecular flexibility index (Phi) is 7.47. The van der Waals surface area contributed by atoms with Gasteiger partial charge >= 0.3 is 5.91 Å². The summed E-state index contributed by atoms with van der Waals surface area (Å²) in [5, 5.41) is 13.3. The number of nitrogens with one attached hydrogen (secondary N) is 1. The fraction of sp³-hybridized carbons (Fsp3) is 0.567. The summed E-state index contributed by atoms with van der Waals surface area (Å²) in [4.78, 5) is 32.5. The molecule has 3 fully saturated rings. The maximum atomic E-state index is 14.9. The molecule has 2 heterocycles. The van der Waals surface area contributed by atoms with Gasteiger partial charge in [-0.05, 0) is 61.9 Å². The van der Waals surface area contributed by atoms with E-state index >= 15 is 0 Å². The minimum atomic E-state index is -0.853. The van der Waals surface area contributed by atoms with Gasteiger partial charge in [-0.25, -0.2) is 14.3 Å². The fourth-order valence-corrected chi connectivity index (χ4v) is 7.35. The van der Waals surface area contributed by atoms with Crippen molar-refractivity contribution >= 4 is 17.6 Å². The van der Waals surface area contributed by atoms with Gasteiger partial charge in [-0.1, -0.05) is 44.2 Å². The van der Waals surface area contributed by atoms with E-state index in [1.54, 1.807) is 18.2 Å². The van der Waals surface area contributed by atoms with Crippen LogP contribution in [0.25, 0.3) is 0 Å². The first-order valence-corrected chi connectivity index (χ1v) is 14.2. The van der Waals surface area contributed by atoms with Crippen molar-refractivity contribution in [3.63, 3.8) is 0 Å². The van der Waals surface area contributed by atoms with Crippen molar-refractivity contribution in [3.05, 3.63) is 53.2 Å². The molecule has 1 aliphatic heterocycles. The number of likely N-dealkylation sites (tertiary alicyclic amines) is 1. The van der Waals surface area contributed by atoms with Gasteiger partial charge in [-0.15, -0.1) is 0 Å². The number of fused-ring (bicyclic) bond motifs is 1. The minimum absolute atomic E-state index is 0.0689. The van der Waals surface area contributed by atoms with Crippen molar-refractivity contribution in [3.8, 4) is 5.75 Å². The molecule has 5 rings (SSSR count). The molecule has 0 bridgehead atoms. The topological polar surface area (TPSA) is 131 Å². The van der Waals surface area contributed by atoms with Crippen molar-refractivity contribution in [1.82, 2.24) is 10.3 Å². The van der Waals surface area contributed by atoms with E-state index in [-0.39, 0.29) is 28.0 Å². The lowest BCUT2D eigenvalue weighted by molar-refractivity contribution is -0.900. The number of carbonyl (C=O) groups excluding carboxylic acids is 2. The molecule has 0 spiro atoms. The molecule has 2 amide bonds. The van der Waals surface area contributed by atoms with Gasteiger partial charge in [-0.3, -0.25) is 10.1 Å². The molecule has 6 N–H and O–H groups in total. The number of nitrogens with two attached hydrogens (primary N) is 2. The smallest absolute Gasteiger partial charge is 0.331 e. The van der Waals surface area contributed by atoms with Gasteiger partial charge in [0.2, 0.25) is 0 Å². The number of aryl methyl sites for hydroxylation is 1. The quantitative estimate of drug-likeness (QED) is 0.373. The number of rotatable bonds is 9. The maximum Gasteiger partial charge on any atom is 0.331 e. The van der Waals surface area contributed by atoms with Crippen LogP contribution in [0, 0.1) is 18.8 Å². The highest BCUT2D eigenvalue weighted by atomic mass is 16.3. The van der Waals surface area contributed by atoms with Gasteiger partial charge in [0.25, 0.3) is 5.91 Å². The standard InChI is InChI=1S/C30H41N5O3/c1-20-23(11-14-27(31)34-20)19-35(15-5-8-24-17-30(24,35)29(32)38)28(37)26(16-21-6-3-2-4-7-21)33-18-22-9-12-25(36)13-10-22/h9-14,21,24,26,33H,2-8,15-19H2,1H3,(H4-,31,32,34,36,38)/p+1/t24-,26-,30+,35?/m1/s1. The number of phenolic OH excluding ortho intramolecular Hbond substituents is 1. The minimum Gasteiger partial charge on any atom is -0.508 e. The number of carbonyl (C=O) groups is 2. The summed E-state index contributed by atoms with van der Waals surface area (Å²) in [7, 11) is 0. The van der Waals surface area contributed by atoms with E-state index < -0.39 is 11.6 Å². The van der Waals surface area contributed by atoms with Crippen LogP contribution < -0.4 is 16.8 Å². The molecular formula is C30H42N5O3+. The number of hydrogen-bond donors (Lipinski definition) is 4.